The number of halogens is 2. The molecule has 0 heterocycles. The van der Waals surface area contributed by atoms with Gasteiger partial charge in [-0.15, -0.1) is 4.90 Å². The highest BCUT2D eigenvalue weighted by molar-refractivity contribution is 9.10. The SMILES string of the molecule is CC(C)(C)OC(=O)N(C(=N)NCc1ccc(OCCF)c(Br)c1)C(=O)OC(C)(C)C. The summed E-state index contributed by atoms with van der Waals surface area (Å²) in [7, 11) is 0. The van der Waals surface area contributed by atoms with Gasteiger partial charge in [-0.3, -0.25) is 5.41 Å². The van der Waals surface area contributed by atoms with Crippen LogP contribution in [-0.2, 0) is 16.0 Å². The summed E-state index contributed by atoms with van der Waals surface area (Å²) in [5, 5.41) is 10.9. The minimum absolute atomic E-state index is 0.0540. The predicted octanol–water partition coefficient (Wildman–Crippen LogP) is 4.99. The highest BCUT2D eigenvalue weighted by Gasteiger charge is 2.34. The molecule has 1 rings (SSSR count). The summed E-state index contributed by atoms with van der Waals surface area (Å²) in [6, 6.07) is 5.09. The normalized spacial score (nSPS) is 11.5. The Balaban J connectivity index is 2.92. The Morgan fingerprint density at radius 3 is 2.07 bits per heavy atom. The molecule has 0 aliphatic rings. The zero-order valence-electron chi connectivity index (χ0n) is 18.1. The molecule has 8 nitrogen and oxygen atoms in total. The molecule has 168 valence electrons. The van der Waals surface area contributed by atoms with Gasteiger partial charge in [-0.25, -0.2) is 14.0 Å². The maximum Gasteiger partial charge on any atom is 0.427 e. The minimum atomic E-state index is -1.02. The van der Waals surface area contributed by atoms with Crippen molar-refractivity contribution in [1.82, 2.24) is 10.2 Å². The lowest BCUT2D eigenvalue weighted by molar-refractivity contribution is 0.0140. The summed E-state index contributed by atoms with van der Waals surface area (Å²) in [6.07, 6.45) is -2.05. The number of carbonyl (C=O) groups excluding carboxylic acids is 2. The van der Waals surface area contributed by atoms with E-state index in [9.17, 15) is 14.0 Å². The van der Waals surface area contributed by atoms with Crippen molar-refractivity contribution in [3.8, 4) is 5.75 Å². The van der Waals surface area contributed by atoms with Gasteiger partial charge in [-0.2, -0.15) is 0 Å². The maximum absolute atomic E-state index is 12.5. The van der Waals surface area contributed by atoms with E-state index in [2.05, 4.69) is 21.2 Å². The number of nitrogens with one attached hydrogen (secondary N) is 2. The second-order valence-electron chi connectivity index (χ2n) is 8.30. The molecule has 0 radical (unpaired) electrons. The fraction of sp³-hybridized carbons (Fsp3) is 0.550. The fourth-order valence-electron chi connectivity index (χ4n) is 2.06. The number of benzene rings is 1. The topological polar surface area (TPSA) is 101 Å². The molecule has 0 unspecified atom stereocenters. The van der Waals surface area contributed by atoms with Crippen LogP contribution < -0.4 is 10.1 Å². The summed E-state index contributed by atoms with van der Waals surface area (Å²) in [4.78, 5) is 25.5. The van der Waals surface area contributed by atoms with Crippen LogP contribution in [0.1, 0.15) is 47.1 Å². The predicted molar refractivity (Wildman–Crippen MR) is 114 cm³/mol. The van der Waals surface area contributed by atoms with Crippen LogP contribution in [0.15, 0.2) is 22.7 Å². The minimum Gasteiger partial charge on any atom is -0.490 e. The van der Waals surface area contributed by atoms with Gasteiger partial charge >= 0.3 is 12.2 Å². The van der Waals surface area contributed by atoms with Crippen LogP contribution in [0, 0.1) is 5.41 Å². The van der Waals surface area contributed by atoms with E-state index in [1.165, 1.54) is 0 Å². The van der Waals surface area contributed by atoms with Gasteiger partial charge in [0.25, 0.3) is 0 Å². The Kier molecular flexibility index (Phi) is 9.08. The van der Waals surface area contributed by atoms with E-state index in [0.717, 1.165) is 5.56 Å². The molecule has 2 amide bonds. The van der Waals surface area contributed by atoms with Gasteiger partial charge < -0.3 is 19.5 Å². The number of hydrogen-bond donors (Lipinski definition) is 2. The van der Waals surface area contributed by atoms with E-state index in [1.807, 2.05) is 0 Å². The second-order valence-corrected chi connectivity index (χ2v) is 9.15. The molecule has 10 heteroatoms. The van der Waals surface area contributed by atoms with E-state index in [0.29, 0.717) is 15.1 Å². The molecule has 2 N–H and O–H groups in total. The molecule has 0 spiro atoms. The van der Waals surface area contributed by atoms with Gasteiger partial charge in [0.1, 0.15) is 30.2 Å². The first-order valence-corrected chi connectivity index (χ1v) is 10.1. The first-order chi connectivity index (χ1) is 13.7. The standard InChI is InChI=1S/C20H29BrFN3O5/c1-19(2,3)29-17(26)25(18(27)30-20(4,5)6)16(23)24-12-13-7-8-15(14(21)11-13)28-10-9-22/h7-8,11H,9-10,12H2,1-6H3,(H2,23,24). The summed E-state index contributed by atoms with van der Waals surface area (Å²) in [6.45, 7) is 9.39. The van der Waals surface area contributed by atoms with Gasteiger partial charge in [-0.1, -0.05) is 6.07 Å². The highest BCUT2D eigenvalue weighted by Crippen LogP contribution is 2.26. The molecule has 0 aliphatic carbocycles. The Morgan fingerprint density at radius 2 is 1.63 bits per heavy atom. The molecular weight excluding hydrogens is 461 g/mol. The third kappa shape index (κ3) is 8.98. The average molecular weight is 490 g/mol. The lowest BCUT2D eigenvalue weighted by Gasteiger charge is -2.28. The highest BCUT2D eigenvalue weighted by atomic mass is 79.9. The first kappa shape index (κ1) is 25.7. The Morgan fingerprint density at radius 1 is 1.10 bits per heavy atom. The smallest absolute Gasteiger partial charge is 0.427 e. The number of guanidine groups is 1. The number of hydrogen-bond acceptors (Lipinski definition) is 6. The number of nitrogens with zero attached hydrogens (tertiary/aromatic N) is 1. The number of carbonyl (C=O) groups is 2. The lowest BCUT2D eigenvalue weighted by atomic mass is 10.2. The van der Waals surface area contributed by atoms with Crippen LogP contribution in [0.25, 0.3) is 0 Å². The lowest BCUT2D eigenvalue weighted by Crippen LogP contribution is -2.51. The first-order valence-electron chi connectivity index (χ1n) is 9.29. The van der Waals surface area contributed by atoms with Crippen LogP contribution in [-0.4, -0.2) is 47.5 Å². The van der Waals surface area contributed by atoms with Gasteiger partial charge in [0.2, 0.25) is 5.96 Å². The Labute approximate surface area is 184 Å². The molecule has 0 saturated heterocycles. The van der Waals surface area contributed by atoms with Gasteiger partial charge in [0, 0.05) is 6.54 Å². The van der Waals surface area contributed by atoms with E-state index >= 15 is 0 Å². The zero-order chi connectivity index (χ0) is 23.1. The fourth-order valence-corrected chi connectivity index (χ4v) is 2.60. The van der Waals surface area contributed by atoms with Crippen molar-refractivity contribution in [1.29, 1.82) is 5.41 Å². The summed E-state index contributed by atoms with van der Waals surface area (Å²) >= 11 is 3.34. The number of imide groups is 1. The van der Waals surface area contributed by atoms with Crippen LogP contribution in [0.5, 0.6) is 5.75 Å². The average Bonchev–Trinajstić information content (AvgIpc) is 2.56. The molecule has 0 aromatic heterocycles. The van der Waals surface area contributed by atoms with Gasteiger partial charge in [0.15, 0.2) is 0 Å². The third-order valence-electron chi connectivity index (χ3n) is 3.17. The van der Waals surface area contributed by atoms with E-state index in [-0.39, 0.29) is 13.2 Å². The van der Waals surface area contributed by atoms with Crippen molar-refractivity contribution in [2.24, 2.45) is 0 Å². The van der Waals surface area contributed by atoms with Crippen molar-refractivity contribution in [2.45, 2.75) is 59.3 Å². The number of alkyl halides is 1. The van der Waals surface area contributed by atoms with Gasteiger partial charge in [0.05, 0.1) is 4.47 Å². The Bertz CT molecular complexity index is 747. The number of ether oxygens (including phenoxy) is 3. The molecule has 0 saturated carbocycles. The molecule has 30 heavy (non-hydrogen) atoms. The van der Waals surface area contributed by atoms with Crippen molar-refractivity contribution < 1.29 is 28.2 Å². The van der Waals surface area contributed by atoms with Crippen molar-refractivity contribution in [3.63, 3.8) is 0 Å². The van der Waals surface area contributed by atoms with Gasteiger partial charge in [-0.05, 0) is 75.2 Å². The van der Waals surface area contributed by atoms with Crippen molar-refractivity contribution in [3.05, 3.63) is 28.2 Å². The van der Waals surface area contributed by atoms with Crippen LogP contribution >= 0.6 is 15.9 Å². The van der Waals surface area contributed by atoms with Crippen LogP contribution in [0.4, 0.5) is 14.0 Å². The zero-order valence-corrected chi connectivity index (χ0v) is 19.7. The third-order valence-corrected chi connectivity index (χ3v) is 3.79. The summed E-state index contributed by atoms with van der Waals surface area (Å²) < 4.78 is 28.6. The molecule has 0 bridgehead atoms. The molecular formula is C20H29BrFN3O5. The maximum atomic E-state index is 12.5. The second kappa shape index (κ2) is 10.6. The molecule has 0 atom stereocenters. The van der Waals surface area contributed by atoms with Crippen LogP contribution in [0.3, 0.4) is 0 Å². The monoisotopic (exact) mass is 489 g/mol. The number of rotatable bonds is 5. The quantitative estimate of drug-likeness (QED) is 0.446. The van der Waals surface area contributed by atoms with Crippen molar-refractivity contribution in [2.75, 3.05) is 13.3 Å². The molecule has 0 aliphatic heterocycles. The summed E-state index contributed by atoms with van der Waals surface area (Å²) in [5.41, 5.74) is -0.997. The van der Waals surface area contributed by atoms with E-state index in [1.54, 1.807) is 59.7 Å². The molecule has 1 aromatic carbocycles. The van der Waals surface area contributed by atoms with Crippen LogP contribution in [0.2, 0.25) is 0 Å². The summed E-state index contributed by atoms with van der Waals surface area (Å²) in [5.74, 6) is -0.0111. The largest absolute Gasteiger partial charge is 0.490 e. The molecule has 1 aromatic rings. The van der Waals surface area contributed by atoms with Crippen molar-refractivity contribution >= 4 is 34.1 Å². The number of amides is 2. The van der Waals surface area contributed by atoms with E-state index in [4.69, 9.17) is 19.6 Å². The molecule has 0 fully saturated rings. The van der Waals surface area contributed by atoms with E-state index < -0.39 is 36.0 Å². The Hall–Kier alpha value is -2.36.